The van der Waals surface area contributed by atoms with Crippen LogP contribution in [0.5, 0.6) is 5.75 Å². The highest BCUT2D eigenvalue weighted by molar-refractivity contribution is 7.90. The molecule has 1 N–H and O–H groups in total. The van der Waals surface area contributed by atoms with Crippen molar-refractivity contribution in [2.45, 2.75) is 29.6 Å². The molecule has 166 valence electrons. The largest absolute Gasteiger partial charge is 0.490 e. The van der Waals surface area contributed by atoms with Crippen molar-refractivity contribution >= 4 is 68.6 Å². The van der Waals surface area contributed by atoms with Crippen molar-refractivity contribution in [1.29, 1.82) is 0 Å². The molecule has 2 aromatic rings. The number of aryl methyl sites for hydroxylation is 1. The highest BCUT2D eigenvalue weighted by Crippen LogP contribution is 2.44. The maximum atomic E-state index is 12.9. The minimum atomic E-state index is -3.93. The number of nitrogens with zero attached hydrogens (tertiary/aromatic N) is 1. The van der Waals surface area contributed by atoms with Gasteiger partial charge in [-0.1, -0.05) is 17.7 Å². The molecule has 5 rings (SSSR count). The molecule has 1 aliphatic carbocycles. The summed E-state index contributed by atoms with van der Waals surface area (Å²) in [6.45, 7) is 1.29. The van der Waals surface area contributed by atoms with Crippen LogP contribution in [0.15, 0.2) is 41.3 Å². The van der Waals surface area contributed by atoms with E-state index in [0.29, 0.717) is 19.4 Å². The fraction of sp³-hybridized carbons (Fsp3) is 0.350. The van der Waals surface area contributed by atoms with Gasteiger partial charge in [0.25, 0.3) is 10.0 Å². The highest BCUT2D eigenvalue weighted by atomic mass is 35.5. The fourth-order valence-corrected chi connectivity index (χ4v) is 6.73. The number of carbonyl (C=O) groups excluding carboxylic acids is 1. The zero-order valence-electron chi connectivity index (χ0n) is 18.6. The third-order valence-electron chi connectivity index (χ3n) is 7.15. The second-order valence-electron chi connectivity index (χ2n) is 9.47. The van der Waals surface area contributed by atoms with Crippen molar-refractivity contribution in [2.75, 3.05) is 24.5 Å². The lowest BCUT2D eigenvalue weighted by atomic mass is 9.01. The summed E-state index contributed by atoms with van der Waals surface area (Å²) in [6, 6.07) is 11.1. The Morgan fingerprint density at radius 2 is 2.00 bits per heavy atom. The van der Waals surface area contributed by atoms with E-state index in [1.807, 2.05) is 6.07 Å². The molecule has 33 heavy (non-hydrogen) atoms. The summed E-state index contributed by atoms with van der Waals surface area (Å²) in [5.41, 5.74) is 3.16. The Hall–Kier alpha value is -1.93. The molecule has 6 nitrogen and oxygen atoms in total. The van der Waals surface area contributed by atoms with Gasteiger partial charge in [0.1, 0.15) is 12.9 Å². The molecule has 0 radical (unpaired) electrons. The molecular weight excluding hydrogens is 454 g/mol. The molecule has 3 aliphatic rings. The van der Waals surface area contributed by atoms with Crippen LogP contribution >= 0.6 is 11.6 Å². The first kappa shape index (κ1) is 22.8. The van der Waals surface area contributed by atoms with E-state index in [2.05, 4.69) is 21.8 Å². The van der Waals surface area contributed by atoms with Gasteiger partial charge in [-0.3, -0.25) is 9.52 Å². The van der Waals surface area contributed by atoms with Gasteiger partial charge in [-0.05, 0) is 67.2 Å². The number of halogens is 1. The molecule has 2 aromatic carbocycles. The van der Waals surface area contributed by atoms with Crippen molar-refractivity contribution in [3.8, 4) is 5.75 Å². The van der Waals surface area contributed by atoms with Crippen LogP contribution in [0.1, 0.15) is 24.0 Å². The Kier molecular flexibility index (Phi) is 6.25. The lowest BCUT2D eigenvalue weighted by molar-refractivity contribution is 0.207. The first-order valence-electron chi connectivity index (χ1n) is 11.7. The number of carbonyl (C=O) groups is 1. The number of fused-ring (bicyclic) bond motifs is 3. The molecule has 0 saturated carbocycles. The van der Waals surface area contributed by atoms with Crippen molar-refractivity contribution in [3.05, 3.63) is 52.5 Å². The highest BCUT2D eigenvalue weighted by Gasteiger charge is 2.41. The molecule has 2 bridgehead atoms. The summed E-state index contributed by atoms with van der Waals surface area (Å²) < 4.78 is 34.3. The maximum Gasteiger partial charge on any atom is 0.263 e. The quantitative estimate of drug-likeness (QED) is 0.542. The number of hydrogen-bond acceptors (Lipinski definition) is 5. The number of benzene rings is 2. The predicted octanol–water partition coefficient (Wildman–Crippen LogP) is 0.0250. The maximum absolute atomic E-state index is 12.9. The molecule has 0 aromatic heterocycles. The predicted molar refractivity (Wildman–Crippen MR) is 142 cm³/mol. The van der Waals surface area contributed by atoms with E-state index < -0.39 is 15.8 Å². The molecule has 0 fully saturated rings. The van der Waals surface area contributed by atoms with Crippen LogP contribution in [0.25, 0.3) is 0 Å². The zero-order valence-corrected chi connectivity index (χ0v) is 20.2. The van der Waals surface area contributed by atoms with Crippen LogP contribution < -0.4 is 14.4 Å². The van der Waals surface area contributed by atoms with Crippen molar-refractivity contribution < 1.29 is 17.9 Å². The van der Waals surface area contributed by atoms with Crippen LogP contribution in [0, 0.1) is 0 Å². The summed E-state index contributed by atoms with van der Waals surface area (Å²) in [6.07, 6.45) is 3.89. The van der Waals surface area contributed by atoms with Gasteiger partial charge in [-0.25, -0.2) is 8.42 Å². The van der Waals surface area contributed by atoms with E-state index in [0.717, 1.165) is 64.3 Å². The Bertz CT molecular complexity index is 1200. The fourth-order valence-electron chi connectivity index (χ4n) is 5.50. The van der Waals surface area contributed by atoms with E-state index in [1.165, 1.54) is 17.2 Å². The number of ether oxygens (including phenoxy) is 1. The van der Waals surface area contributed by atoms with Crippen molar-refractivity contribution in [2.24, 2.45) is 0 Å². The summed E-state index contributed by atoms with van der Waals surface area (Å²) in [4.78, 5) is 14.5. The third kappa shape index (κ3) is 4.56. The molecule has 2 heterocycles. The standard InChI is InChI=1S/C20H24B5ClN2O4S/c26-14-3-5-16-13(8-14)2-1-7-20(16)10-28-12-21-23-25-24-22-19(29)27-33(30,31)15-4-6-18(32-11-20)17(28)9-15/h3-6,8-9,21-25H,1-2,7,10-12H2,(H,27,29). The topological polar surface area (TPSA) is 75.7 Å². The van der Waals surface area contributed by atoms with E-state index >= 15 is 0 Å². The van der Waals surface area contributed by atoms with Crippen LogP contribution in [0.3, 0.4) is 0 Å². The lowest BCUT2D eigenvalue weighted by Gasteiger charge is -2.41. The van der Waals surface area contributed by atoms with Gasteiger partial charge in [-0.2, -0.15) is 0 Å². The summed E-state index contributed by atoms with van der Waals surface area (Å²) >= 11 is 6.30. The molecule has 1 spiro atoms. The van der Waals surface area contributed by atoms with Gasteiger partial charge in [0.15, 0.2) is 13.0 Å². The van der Waals surface area contributed by atoms with Crippen molar-refractivity contribution in [3.63, 3.8) is 0 Å². The van der Waals surface area contributed by atoms with Crippen molar-refractivity contribution in [1.82, 2.24) is 4.72 Å². The van der Waals surface area contributed by atoms with Crippen LogP contribution in [-0.2, 0) is 21.9 Å². The number of nitrogens with one attached hydrogen (secondary N) is 1. The molecular formula is C20H24B5ClN2O4S. The second kappa shape index (κ2) is 9.03. The number of rotatable bonds is 0. The Labute approximate surface area is 203 Å². The minimum absolute atomic E-state index is 0.0919. The Balaban J connectivity index is 1.58. The van der Waals surface area contributed by atoms with Crippen LogP contribution in [0.2, 0.25) is 5.02 Å². The molecule has 1 unspecified atom stereocenters. The van der Waals surface area contributed by atoms with Gasteiger partial charge in [0, 0.05) is 31.1 Å². The van der Waals surface area contributed by atoms with E-state index in [-0.39, 0.29) is 17.5 Å². The van der Waals surface area contributed by atoms with Gasteiger partial charge >= 0.3 is 0 Å². The SMILES string of the molecule is O=C1BBBBBCN2CC3(CCCc4cc(Cl)ccc43)COc3ccc(cc32)S(=O)(=O)N1. The Morgan fingerprint density at radius 1 is 1.12 bits per heavy atom. The number of hydrogen-bond donors (Lipinski definition) is 1. The first-order valence-corrected chi connectivity index (χ1v) is 13.6. The minimum Gasteiger partial charge on any atom is -0.490 e. The first-order chi connectivity index (χ1) is 15.9. The molecule has 0 saturated heterocycles. The van der Waals surface area contributed by atoms with Gasteiger partial charge in [0.05, 0.1) is 24.3 Å². The normalized spacial score (nSPS) is 23.7. The summed E-state index contributed by atoms with van der Waals surface area (Å²) in [5.74, 6) is 0.238. The van der Waals surface area contributed by atoms with Gasteiger partial charge < -0.3 is 9.64 Å². The van der Waals surface area contributed by atoms with Crippen LogP contribution in [0.4, 0.5) is 10.5 Å². The lowest BCUT2D eigenvalue weighted by Crippen LogP contribution is -2.47. The zero-order chi connectivity index (χ0) is 23.1. The average molecular weight is 478 g/mol. The van der Waals surface area contributed by atoms with Gasteiger partial charge in [0.2, 0.25) is 0 Å². The van der Waals surface area contributed by atoms with E-state index in [9.17, 15) is 13.2 Å². The Morgan fingerprint density at radius 3 is 2.88 bits per heavy atom. The van der Waals surface area contributed by atoms with Crippen LogP contribution in [-0.4, -0.2) is 69.3 Å². The molecule has 1 amide bonds. The third-order valence-corrected chi connectivity index (χ3v) is 8.76. The van der Waals surface area contributed by atoms with Gasteiger partial charge in [-0.15, -0.1) is 0 Å². The second-order valence-corrected chi connectivity index (χ2v) is 11.6. The summed E-state index contributed by atoms with van der Waals surface area (Å²) in [7, 11) is -0.159. The number of amides is 1. The number of sulfonamides is 1. The molecule has 2 aliphatic heterocycles. The molecule has 13 heteroatoms. The monoisotopic (exact) mass is 478 g/mol. The summed E-state index contributed by atoms with van der Waals surface area (Å²) in [5, 5.41) is 0.753. The van der Waals surface area contributed by atoms with E-state index in [4.69, 9.17) is 16.3 Å². The van der Waals surface area contributed by atoms with E-state index in [1.54, 1.807) is 12.1 Å². The molecule has 1 atom stereocenters. The number of anilines is 1. The smallest absolute Gasteiger partial charge is 0.263 e. The average Bonchev–Trinajstić information content (AvgIpc) is 2.92.